The summed E-state index contributed by atoms with van der Waals surface area (Å²) in [5, 5.41) is 3.02. The van der Waals surface area contributed by atoms with Gasteiger partial charge in [-0.15, -0.1) is 0 Å². The molecule has 0 aliphatic carbocycles. The van der Waals surface area contributed by atoms with Crippen molar-refractivity contribution in [3.63, 3.8) is 0 Å². The van der Waals surface area contributed by atoms with Crippen molar-refractivity contribution in [2.75, 3.05) is 0 Å². The van der Waals surface area contributed by atoms with Crippen molar-refractivity contribution in [3.05, 3.63) is 66.0 Å². The molecular weight excluding hydrogens is 286 g/mol. The molecule has 0 saturated heterocycles. The molecule has 1 N–H and O–H groups in total. The number of hydrogen-bond donors (Lipinski definition) is 1. The largest absolute Gasteiger partial charge is 0.348 e. The van der Waals surface area contributed by atoms with E-state index in [4.69, 9.17) is 0 Å². The monoisotopic (exact) mass is 307 g/mol. The number of nitrogens with zero attached hydrogens (tertiary/aromatic N) is 2. The minimum atomic E-state index is -0.578. The van der Waals surface area contributed by atoms with Gasteiger partial charge >= 0.3 is 0 Å². The van der Waals surface area contributed by atoms with Crippen LogP contribution < -0.4 is 5.32 Å². The van der Waals surface area contributed by atoms with Crippen LogP contribution in [0, 0.1) is 0 Å². The van der Waals surface area contributed by atoms with Crippen LogP contribution in [0.1, 0.15) is 25.2 Å². The molecule has 0 atom stereocenters. The molecule has 1 amide bonds. The van der Waals surface area contributed by atoms with Crippen LogP contribution in [-0.2, 0) is 23.8 Å². The van der Waals surface area contributed by atoms with E-state index in [1.165, 1.54) is 0 Å². The standard InChI is InChI=1S/C19H21N3O/c1-19(2,14-9-5-4-6-10-14)18(23)20-13-17-21-15-11-7-8-12-16(15)22(17)3/h4-12H,13H2,1-3H3,(H,20,23). The molecule has 0 bridgehead atoms. The molecular formula is C19H21N3O. The molecule has 0 aliphatic rings. The summed E-state index contributed by atoms with van der Waals surface area (Å²) in [5.41, 5.74) is 2.44. The first-order valence-corrected chi connectivity index (χ1v) is 7.74. The van der Waals surface area contributed by atoms with Gasteiger partial charge < -0.3 is 9.88 Å². The third-order valence-electron chi connectivity index (χ3n) is 4.35. The summed E-state index contributed by atoms with van der Waals surface area (Å²) in [5.74, 6) is 0.846. The number of nitrogens with one attached hydrogen (secondary N) is 1. The van der Waals surface area contributed by atoms with Gasteiger partial charge in [0.05, 0.1) is 23.0 Å². The molecule has 4 nitrogen and oxygen atoms in total. The lowest BCUT2D eigenvalue weighted by Gasteiger charge is -2.24. The van der Waals surface area contributed by atoms with E-state index in [0.717, 1.165) is 22.4 Å². The van der Waals surface area contributed by atoms with E-state index < -0.39 is 5.41 Å². The van der Waals surface area contributed by atoms with Gasteiger partial charge in [0.2, 0.25) is 5.91 Å². The Labute approximate surface area is 136 Å². The number of benzene rings is 2. The predicted molar refractivity (Wildman–Crippen MR) is 92.0 cm³/mol. The third kappa shape index (κ3) is 2.84. The highest BCUT2D eigenvalue weighted by Gasteiger charge is 2.29. The summed E-state index contributed by atoms with van der Waals surface area (Å²) in [4.78, 5) is 17.2. The Balaban J connectivity index is 1.77. The van der Waals surface area contributed by atoms with Crippen LogP contribution in [0.2, 0.25) is 0 Å². The van der Waals surface area contributed by atoms with Crippen molar-refractivity contribution in [2.24, 2.45) is 7.05 Å². The summed E-state index contributed by atoms with van der Waals surface area (Å²) in [6.45, 7) is 4.29. The van der Waals surface area contributed by atoms with Gasteiger partial charge in [-0.05, 0) is 31.5 Å². The van der Waals surface area contributed by atoms with Crippen molar-refractivity contribution in [1.29, 1.82) is 0 Å². The predicted octanol–water partition coefficient (Wildman–Crippen LogP) is 3.17. The Morgan fingerprint density at radius 2 is 1.74 bits per heavy atom. The Hall–Kier alpha value is -2.62. The number of para-hydroxylation sites is 2. The molecule has 3 rings (SSSR count). The zero-order chi connectivity index (χ0) is 16.4. The van der Waals surface area contributed by atoms with E-state index in [0.29, 0.717) is 6.54 Å². The van der Waals surface area contributed by atoms with Crippen molar-refractivity contribution in [1.82, 2.24) is 14.9 Å². The molecule has 0 spiro atoms. The highest BCUT2D eigenvalue weighted by Crippen LogP contribution is 2.23. The average Bonchev–Trinajstić information content (AvgIpc) is 2.90. The van der Waals surface area contributed by atoms with Gasteiger partial charge in [0.1, 0.15) is 5.82 Å². The van der Waals surface area contributed by atoms with E-state index in [1.54, 1.807) is 0 Å². The lowest BCUT2D eigenvalue weighted by molar-refractivity contribution is -0.125. The van der Waals surface area contributed by atoms with Gasteiger partial charge in [-0.25, -0.2) is 4.98 Å². The number of hydrogen-bond acceptors (Lipinski definition) is 2. The van der Waals surface area contributed by atoms with E-state index in [-0.39, 0.29) is 5.91 Å². The van der Waals surface area contributed by atoms with Gasteiger partial charge in [0.25, 0.3) is 0 Å². The van der Waals surface area contributed by atoms with E-state index in [1.807, 2.05) is 80.1 Å². The molecule has 0 aliphatic heterocycles. The molecule has 0 radical (unpaired) electrons. The molecule has 3 aromatic rings. The maximum absolute atomic E-state index is 12.6. The van der Waals surface area contributed by atoms with Crippen LogP contribution in [0.25, 0.3) is 11.0 Å². The first-order chi connectivity index (χ1) is 11.0. The Kier molecular flexibility index (Phi) is 3.90. The van der Waals surface area contributed by atoms with E-state index in [9.17, 15) is 4.79 Å². The van der Waals surface area contributed by atoms with E-state index >= 15 is 0 Å². The van der Waals surface area contributed by atoms with Crippen molar-refractivity contribution >= 4 is 16.9 Å². The van der Waals surface area contributed by atoms with Gasteiger partial charge in [-0.1, -0.05) is 42.5 Å². The van der Waals surface area contributed by atoms with E-state index in [2.05, 4.69) is 10.3 Å². The topological polar surface area (TPSA) is 46.9 Å². The third-order valence-corrected chi connectivity index (χ3v) is 4.35. The van der Waals surface area contributed by atoms with Crippen LogP contribution in [0.4, 0.5) is 0 Å². The SMILES string of the molecule is Cn1c(CNC(=O)C(C)(C)c2ccccc2)nc2ccccc21. The van der Waals surface area contributed by atoms with Crippen LogP contribution in [0.3, 0.4) is 0 Å². The molecule has 0 unspecified atom stereocenters. The number of imidazole rings is 1. The second kappa shape index (κ2) is 5.88. The van der Waals surface area contributed by atoms with Crippen LogP contribution in [0.5, 0.6) is 0 Å². The maximum Gasteiger partial charge on any atom is 0.230 e. The van der Waals surface area contributed by atoms with Crippen LogP contribution >= 0.6 is 0 Å². The quantitative estimate of drug-likeness (QED) is 0.805. The minimum absolute atomic E-state index is 0.00393. The minimum Gasteiger partial charge on any atom is -0.348 e. The number of carbonyl (C=O) groups excluding carboxylic acids is 1. The molecule has 0 fully saturated rings. The molecule has 0 saturated carbocycles. The zero-order valence-corrected chi connectivity index (χ0v) is 13.7. The smallest absolute Gasteiger partial charge is 0.230 e. The highest BCUT2D eigenvalue weighted by atomic mass is 16.2. The van der Waals surface area contributed by atoms with Crippen molar-refractivity contribution in [2.45, 2.75) is 25.8 Å². The number of aryl methyl sites for hydroxylation is 1. The summed E-state index contributed by atoms with van der Waals surface area (Å²) in [7, 11) is 1.97. The fraction of sp³-hybridized carbons (Fsp3) is 0.263. The normalized spacial score (nSPS) is 11.6. The number of amides is 1. The zero-order valence-electron chi connectivity index (χ0n) is 13.7. The number of rotatable bonds is 4. The van der Waals surface area contributed by atoms with Gasteiger partial charge in [-0.3, -0.25) is 4.79 Å². The Bertz CT molecular complexity index is 834. The lowest BCUT2D eigenvalue weighted by atomic mass is 9.84. The second-order valence-corrected chi connectivity index (χ2v) is 6.25. The summed E-state index contributed by atoms with van der Waals surface area (Å²) < 4.78 is 2.02. The van der Waals surface area contributed by atoms with Crippen LogP contribution in [0.15, 0.2) is 54.6 Å². The summed E-state index contributed by atoms with van der Waals surface area (Å²) in [6, 6.07) is 17.8. The fourth-order valence-corrected chi connectivity index (χ4v) is 2.72. The molecule has 4 heteroatoms. The molecule has 23 heavy (non-hydrogen) atoms. The summed E-state index contributed by atoms with van der Waals surface area (Å²) >= 11 is 0. The molecule has 1 heterocycles. The Morgan fingerprint density at radius 1 is 1.09 bits per heavy atom. The number of aromatic nitrogens is 2. The summed E-state index contributed by atoms with van der Waals surface area (Å²) in [6.07, 6.45) is 0. The molecule has 118 valence electrons. The first kappa shape index (κ1) is 15.3. The van der Waals surface area contributed by atoms with Crippen molar-refractivity contribution < 1.29 is 4.79 Å². The fourth-order valence-electron chi connectivity index (χ4n) is 2.72. The van der Waals surface area contributed by atoms with Crippen LogP contribution in [-0.4, -0.2) is 15.5 Å². The second-order valence-electron chi connectivity index (χ2n) is 6.25. The number of fused-ring (bicyclic) bond motifs is 1. The Morgan fingerprint density at radius 3 is 2.43 bits per heavy atom. The lowest BCUT2D eigenvalue weighted by Crippen LogP contribution is -2.40. The first-order valence-electron chi connectivity index (χ1n) is 7.74. The van der Waals surface area contributed by atoms with Gasteiger partial charge in [-0.2, -0.15) is 0 Å². The number of carbonyl (C=O) groups is 1. The maximum atomic E-state index is 12.6. The molecule has 1 aromatic heterocycles. The van der Waals surface area contributed by atoms with Gasteiger partial charge in [0.15, 0.2) is 0 Å². The highest BCUT2D eigenvalue weighted by molar-refractivity contribution is 5.87. The van der Waals surface area contributed by atoms with Gasteiger partial charge in [0, 0.05) is 7.05 Å². The van der Waals surface area contributed by atoms with Crippen molar-refractivity contribution in [3.8, 4) is 0 Å². The molecule has 2 aromatic carbocycles. The average molecular weight is 307 g/mol.